The number of aromatic hydroxyl groups is 2. The van der Waals surface area contributed by atoms with Gasteiger partial charge in [-0.1, -0.05) is 13.8 Å². The first-order chi connectivity index (χ1) is 9.64. The van der Waals surface area contributed by atoms with Gasteiger partial charge in [0, 0.05) is 5.41 Å². The standard InChI is InChI=1S/C15H16F2N2O2/c1-15(2,7-3-9(16)13(18)11(20)5-7)8-4-10(17)14(19)12(21)6-8/h3-6,20-21H,18-19H2,1-2H3. The van der Waals surface area contributed by atoms with Crippen LogP contribution in [0.15, 0.2) is 24.3 Å². The summed E-state index contributed by atoms with van der Waals surface area (Å²) in [7, 11) is 0. The highest BCUT2D eigenvalue weighted by Gasteiger charge is 2.27. The number of nitrogens with two attached hydrogens (primary N) is 2. The normalized spacial score (nSPS) is 11.6. The van der Waals surface area contributed by atoms with Crippen LogP contribution in [0.3, 0.4) is 0 Å². The molecule has 0 fully saturated rings. The van der Waals surface area contributed by atoms with Crippen molar-refractivity contribution in [3.05, 3.63) is 47.0 Å². The number of nitrogen functional groups attached to an aromatic ring is 2. The fourth-order valence-electron chi connectivity index (χ4n) is 2.10. The van der Waals surface area contributed by atoms with Crippen LogP contribution < -0.4 is 11.5 Å². The van der Waals surface area contributed by atoms with Crippen molar-refractivity contribution in [3.63, 3.8) is 0 Å². The van der Waals surface area contributed by atoms with Crippen molar-refractivity contribution >= 4 is 11.4 Å². The molecular formula is C15H16F2N2O2. The third-order valence-corrected chi connectivity index (χ3v) is 3.66. The van der Waals surface area contributed by atoms with Gasteiger partial charge in [0.25, 0.3) is 0 Å². The summed E-state index contributed by atoms with van der Waals surface area (Å²) in [5, 5.41) is 19.3. The van der Waals surface area contributed by atoms with Crippen molar-refractivity contribution in [1.29, 1.82) is 0 Å². The Balaban J connectivity index is 2.61. The molecule has 0 atom stereocenters. The zero-order valence-electron chi connectivity index (χ0n) is 11.6. The van der Waals surface area contributed by atoms with Gasteiger partial charge >= 0.3 is 0 Å². The van der Waals surface area contributed by atoms with Crippen LogP contribution in [0.2, 0.25) is 0 Å². The van der Waals surface area contributed by atoms with E-state index in [1.165, 1.54) is 24.3 Å². The molecule has 0 radical (unpaired) electrons. The van der Waals surface area contributed by atoms with Gasteiger partial charge < -0.3 is 21.7 Å². The lowest BCUT2D eigenvalue weighted by molar-refractivity contribution is 0.465. The van der Waals surface area contributed by atoms with Gasteiger partial charge in [-0.15, -0.1) is 0 Å². The van der Waals surface area contributed by atoms with Crippen LogP contribution in [0, 0.1) is 11.6 Å². The molecule has 0 aromatic heterocycles. The molecule has 0 unspecified atom stereocenters. The average Bonchev–Trinajstić information content (AvgIpc) is 2.40. The monoisotopic (exact) mass is 294 g/mol. The van der Waals surface area contributed by atoms with Crippen LogP contribution in [0.5, 0.6) is 11.5 Å². The SMILES string of the molecule is CC(C)(c1cc(O)c(N)c(F)c1)c1cc(O)c(N)c(F)c1. The van der Waals surface area contributed by atoms with Crippen molar-refractivity contribution in [3.8, 4) is 11.5 Å². The van der Waals surface area contributed by atoms with Gasteiger partial charge in [0.1, 0.15) is 34.5 Å². The van der Waals surface area contributed by atoms with Crippen molar-refractivity contribution in [2.75, 3.05) is 11.5 Å². The van der Waals surface area contributed by atoms with E-state index in [0.717, 1.165) is 0 Å². The van der Waals surface area contributed by atoms with E-state index >= 15 is 0 Å². The van der Waals surface area contributed by atoms with Crippen molar-refractivity contribution < 1.29 is 19.0 Å². The molecule has 0 aliphatic heterocycles. The minimum atomic E-state index is -0.877. The predicted molar refractivity (Wildman–Crippen MR) is 77.1 cm³/mol. The minimum Gasteiger partial charge on any atom is -0.506 e. The molecule has 0 aliphatic rings. The molecule has 112 valence electrons. The summed E-state index contributed by atoms with van der Waals surface area (Å²) in [4.78, 5) is 0. The molecule has 6 heteroatoms. The molecule has 6 N–H and O–H groups in total. The Hall–Kier alpha value is -2.50. The highest BCUT2D eigenvalue weighted by atomic mass is 19.1. The topological polar surface area (TPSA) is 92.5 Å². The Kier molecular flexibility index (Phi) is 3.41. The van der Waals surface area contributed by atoms with E-state index in [-0.39, 0.29) is 11.4 Å². The molecule has 2 aromatic rings. The maximum Gasteiger partial charge on any atom is 0.150 e. The number of hydrogen-bond donors (Lipinski definition) is 4. The average molecular weight is 294 g/mol. The lowest BCUT2D eigenvalue weighted by atomic mass is 9.77. The molecule has 0 saturated heterocycles. The first-order valence-electron chi connectivity index (χ1n) is 6.21. The van der Waals surface area contributed by atoms with E-state index in [2.05, 4.69) is 0 Å². The molecule has 4 nitrogen and oxygen atoms in total. The Morgan fingerprint density at radius 2 is 1.14 bits per heavy atom. The number of benzene rings is 2. The quantitative estimate of drug-likeness (QED) is 0.506. The molecule has 2 aromatic carbocycles. The summed E-state index contributed by atoms with van der Waals surface area (Å²) in [6, 6.07) is 4.95. The second-order valence-corrected chi connectivity index (χ2v) is 5.41. The largest absolute Gasteiger partial charge is 0.506 e. The summed E-state index contributed by atoms with van der Waals surface area (Å²) in [5.74, 6) is -2.31. The molecule has 0 bridgehead atoms. The molecule has 2 rings (SSSR count). The second-order valence-electron chi connectivity index (χ2n) is 5.41. The first-order valence-corrected chi connectivity index (χ1v) is 6.21. The number of anilines is 2. The van der Waals surface area contributed by atoms with E-state index in [1.54, 1.807) is 13.8 Å². The molecule has 0 heterocycles. The highest BCUT2D eigenvalue weighted by Crippen LogP contribution is 2.39. The Labute approximate surface area is 120 Å². The van der Waals surface area contributed by atoms with Crippen molar-refractivity contribution in [2.24, 2.45) is 0 Å². The Morgan fingerprint density at radius 1 is 0.810 bits per heavy atom. The lowest BCUT2D eigenvalue weighted by Crippen LogP contribution is -2.20. The zero-order valence-corrected chi connectivity index (χ0v) is 11.6. The number of phenols is 2. The van der Waals surface area contributed by atoms with Gasteiger partial charge in [-0.05, 0) is 35.4 Å². The van der Waals surface area contributed by atoms with Crippen molar-refractivity contribution in [2.45, 2.75) is 19.3 Å². The van der Waals surface area contributed by atoms with Crippen molar-refractivity contribution in [1.82, 2.24) is 0 Å². The summed E-state index contributed by atoms with van der Waals surface area (Å²) in [6.07, 6.45) is 0. The zero-order chi connectivity index (χ0) is 15.9. The Morgan fingerprint density at radius 3 is 1.43 bits per heavy atom. The van der Waals surface area contributed by atoms with Gasteiger partial charge in [-0.25, -0.2) is 8.78 Å². The Bertz CT molecular complexity index is 609. The molecule has 0 saturated carbocycles. The summed E-state index contributed by atoms with van der Waals surface area (Å²) < 4.78 is 27.4. The molecule has 0 spiro atoms. The van der Waals surface area contributed by atoms with Gasteiger partial charge in [0.2, 0.25) is 0 Å². The first kappa shape index (κ1) is 14.9. The summed E-state index contributed by atoms with van der Waals surface area (Å²) >= 11 is 0. The third-order valence-electron chi connectivity index (χ3n) is 3.66. The van der Waals surface area contributed by atoms with Crippen LogP contribution in [0.25, 0.3) is 0 Å². The second kappa shape index (κ2) is 4.80. The van der Waals surface area contributed by atoms with Crippen LogP contribution >= 0.6 is 0 Å². The van der Waals surface area contributed by atoms with Gasteiger partial charge in [-0.3, -0.25) is 0 Å². The lowest BCUT2D eigenvalue weighted by Gasteiger charge is -2.27. The maximum absolute atomic E-state index is 13.7. The summed E-state index contributed by atoms with van der Waals surface area (Å²) in [6.45, 7) is 3.39. The third kappa shape index (κ3) is 2.44. The number of phenolic OH excluding ortho intramolecular Hbond substituents is 2. The highest BCUT2D eigenvalue weighted by molar-refractivity contribution is 5.59. The number of hydrogen-bond acceptors (Lipinski definition) is 4. The minimum absolute atomic E-state index is 0.346. The van der Waals surface area contributed by atoms with E-state index in [4.69, 9.17) is 11.5 Å². The number of rotatable bonds is 2. The van der Waals surface area contributed by atoms with Crippen LogP contribution in [0.4, 0.5) is 20.2 Å². The molecule has 21 heavy (non-hydrogen) atoms. The van der Waals surface area contributed by atoms with E-state index in [9.17, 15) is 19.0 Å². The van der Waals surface area contributed by atoms with Crippen LogP contribution in [-0.2, 0) is 5.41 Å². The smallest absolute Gasteiger partial charge is 0.150 e. The van der Waals surface area contributed by atoms with E-state index in [1.807, 2.05) is 0 Å². The molecule has 0 aliphatic carbocycles. The molecular weight excluding hydrogens is 278 g/mol. The van der Waals surface area contributed by atoms with E-state index in [0.29, 0.717) is 11.1 Å². The van der Waals surface area contributed by atoms with Gasteiger partial charge in [0.15, 0.2) is 0 Å². The predicted octanol–water partition coefficient (Wildman–Crippen LogP) is 2.87. The van der Waals surface area contributed by atoms with Crippen LogP contribution in [-0.4, -0.2) is 10.2 Å². The van der Waals surface area contributed by atoms with Gasteiger partial charge in [0.05, 0.1) is 0 Å². The maximum atomic E-state index is 13.7. The van der Waals surface area contributed by atoms with Gasteiger partial charge in [-0.2, -0.15) is 0 Å². The van der Waals surface area contributed by atoms with E-state index < -0.39 is 28.5 Å². The number of halogens is 2. The van der Waals surface area contributed by atoms with Crippen LogP contribution in [0.1, 0.15) is 25.0 Å². The summed E-state index contributed by atoms with van der Waals surface area (Å²) in [5.41, 5.74) is 9.92. The fourth-order valence-corrected chi connectivity index (χ4v) is 2.10. The fraction of sp³-hybridized carbons (Fsp3) is 0.200. The molecule has 0 amide bonds.